The Kier molecular flexibility index (Phi) is 21.0. The molecule has 6 N–H and O–H groups in total. The molecule has 2 saturated carbocycles. The number of ether oxygens (including phenoxy) is 5. The van der Waals surface area contributed by atoms with E-state index < -0.39 is 53.3 Å². The summed E-state index contributed by atoms with van der Waals surface area (Å²) in [5.41, 5.74) is 3.44. The molecule has 4 fully saturated rings. The smallest absolute Gasteiger partial charge is 0.417 e. The van der Waals surface area contributed by atoms with E-state index in [1.807, 2.05) is 6.07 Å². The van der Waals surface area contributed by atoms with Crippen LogP contribution in [-0.2, 0) is 42.9 Å². The summed E-state index contributed by atoms with van der Waals surface area (Å²) in [4.78, 5) is 85.8. The van der Waals surface area contributed by atoms with Crippen LogP contribution in [0.25, 0.3) is 0 Å². The van der Waals surface area contributed by atoms with Gasteiger partial charge in [-0.3, -0.25) is 38.7 Å². The van der Waals surface area contributed by atoms with Crippen LogP contribution >= 0.6 is 0 Å². The summed E-state index contributed by atoms with van der Waals surface area (Å²) in [6.45, 7) is 3.95. The van der Waals surface area contributed by atoms with E-state index in [2.05, 4.69) is 31.2 Å². The van der Waals surface area contributed by atoms with Gasteiger partial charge in [-0.15, -0.1) is 0 Å². The van der Waals surface area contributed by atoms with Crippen molar-refractivity contribution in [3.8, 4) is 5.75 Å². The number of rotatable bonds is 25. The molecule has 2 aliphatic heterocycles. The third kappa shape index (κ3) is 15.5. The van der Waals surface area contributed by atoms with Crippen LogP contribution in [0.5, 0.6) is 5.75 Å². The van der Waals surface area contributed by atoms with E-state index in [-0.39, 0.29) is 103 Å². The van der Waals surface area contributed by atoms with Gasteiger partial charge in [0.05, 0.1) is 37.4 Å². The summed E-state index contributed by atoms with van der Waals surface area (Å²) in [5.74, 6) is -6.32. The summed E-state index contributed by atoms with van der Waals surface area (Å²) >= 11 is 0. The molecular weight excluding hydrogens is 1020 g/mol. The van der Waals surface area contributed by atoms with Crippen molar-refractivity contribution < 1.29 is 70.0 Å². The molecule has 0 unspecified atom stereocenters. The number of nitrogens with zero attached hydrogens (tertiary/aromatic N) is 3. The molecule has 19 nitrogen and oxygen atoms in total. The minimum atomic E-state index is -4.87. The molecule has 78 heavy (non-hydrogen) atoms. The molecule has 7 rings (SSSR count). The van der Waals surface area contributed by atoms with Crippen LogP contribution in [0.2, 0.25) is 0 Å². The number of amides is 6. The molecule has 6 amide bonds. The number of carbonyl (C=O) groups excluding carboxylic acids is 6. The molecule has 23 heteroatoms. The van der Waals surface area contributed by atoms with Crippen LogP contribution in [0.4, 0.5) is 23.2 Å². The quantitative estimate of drug-likeness (QED) is 0.0496. The first-order valence-electron chi connectivity index (χ1n) is 26.9. The zero-order valence-electron chi connectivity index (χ0n) is 44.3. The Morgan fingerprint density at radius 2 is 1.55 bits per heavy atom. The van der Waals surface area contributed by atoms with Gasteiger partial charge in [0.15, 0.2) is 17.2 Å². The van der Waals surface area contributed by atoms with E-state index in [0.29, 0.717) is 71.2 Å². The molecule has 2 aliphatic carbocycles. The van der Waals surface area contributed by atoms with Crippen molar-refractivity contribution in [3.05, 3.63) is 83.7 Å². The zero-order valence-corrected chi connectivity index (χ0v) is 44.3. The number of benzene rings is 1. The molecule has 0 bridgehead atoms. The maximum Gasteiger partial charge on any atom is 0.417 e. The Morgan fingerprint density at radius 3 is 2.24 bits per heavy atom. The summed E-state index contributed by atoms with van der Waals surface area (Å²) in [6.07, 6.45) is 5.86. The van der Waals surface area contributed by atoms with E-state index in [9.17, 15) is 46.3 Å². The first kappa shape index (κ1) is 59.4. The SMILES string of the molecule is C[C@H]1[C@@H](c2ccc(F)c(OCCOCCCNC(=O)C3CCC(NC(=O)CCCOC4CCC(OCCNC(=O)[C@H]5CC(=O)N(C)[C@@H]5c5cccnc5)CC4)CC3)c2)[C@H](C(=O)Nc2ccnc(C(N)=O)c2)O[C@@]1(C)C(F)(F)F. The average Bonchev–Trinajstić information content (AvgIpc) is 4.11. The second-order valence-electron chi connectivity index (χ2n) is 20.7. The Morgan fingerprint density at radius 1 is 0.833 bits per heavy atom. The number of hydrogen-bond acceptors (Lipinski definition) is 13. The Bertz CT molecular complexity index is 2530. The van der Waals surface area contributed by atoms with Gasteiger partial charge < -0.3 is 55.6 Å². The minimum absolute atomic E-state index is 0.00242. The second kappa shape index (κ2) is 27.5. The van der Waals surface area contributed by atoms with Crippen LogP contribution in [0, 0.1) is 23.6 Å². The van der Waals surface area contributed by atoms with Crippen LogP contribution in [0.3, 0.4) is 0 Å². The fourth-order valence-electron chi connectivity index (χ4n) is 10.9. The van der Waals surface area contributed by atoms with Gasteiger partial charge in [0.2, 0.25) is 23.6 Å². The molecule has 1 aromatic carbocycles. The lowest BCUT2D eigenvalue weighted by molar-refractivity contribution is -0.272. The number of alkyl halides is 3. The van der Waals surface area contributed by atoms with Crippen LogP contribution < -0.4 is 31.7 Å². The van der Waals surface area contributed by atoms with E-state index in [4.69, 9.17) is 29.4 Å². The van der Waals surface area contributed by atoms with Gasteiger partial charge in [0.1, 0.15) is 18.4 Å². The predicted molar refractivity (Wildman–Crippen MR) is 275 cm³/mol. The Hall–Kier alpha value is -6.30. The van der Waals surface area contributed by atoms with E-state index in [1.54, 1.807) is 30.4 Å². The number of anilines is 1. The number of halogens is 4. The lowest BCUT2D eigenvalue weighted by Gasteiger charge is -2.31. The molecule has 426 valence electrons. The monoisotopic (exact) mass is 1100 g/mol. The number of carbonyl (C=O) groups is 6. The predicted octanol–water partition coefficient (Wildman–Crippen LogP) is 5.83. The number of hydrogen-bond donors (Lipinski definition) is 5. The van der Waals surface area contributed by atoms with Gasteiger partial charge in [-0.25, -0.2) is 4.39 Å². The minimum Gasteiger partial charge on any atom is -0.488 e. The molecule has 4 aliphatic rings. The van der Waals surface area contributed by atoms with Crippen LogP contribution in [0.1, 0.15) is 124 Å². The van der Waals surface area contributed by atoms with Crippen molar-refractivity contribution in [1.82, 2.24) is 30.8 Å². The maximum atomic E-state index is 15.0. The fraction of sp³-hybridized carbons (Fsp3) is 0.600. The molecule has 2 saturated heterocycles. The van der Waals surface area contributed by atoms with E-state index >= 15 is 0 Å². The Labute approximate surface area is 451 Å². The molecule has 4 heterocycles. The maximum absolute atomic E-state index is 15.0. The van der Waals surface area contributed by atoms with E-state index in [0.717, 1.165) is 44.2 Å². The summed E-state index contributed by atoms with van der Waals surface area (Å²) in [5, 5.41) is 11.5. The number of primary amides is 1. The van der Waals surface area contributed by atoms with Crippen molar-refractivity contribution in [2.75, 3.05) is 58.5 Å². The molecule has 2 aromatic heterocycles. The van der Waals surface area contributed by atoms with Crippen molar-refractivity contribution in [3.63, 3.8) is 0 Å². The van der Waals surface area contributed by atoms with Gasteiger partial charge in [0.25, 0.3) is 11.8 Å². The van der Waals surface area contributed by atoms with Gasteiger partial charge in [-0.05, 0) is 113 Å². The molecule has 6 atom stereocenters. The molecule has 3 aromatic rings. The molecule has 0 radical (unpaired) electrons. The van der Waals surface area contributed by atoms with Crippen molar-refractivity contribution >= 4 is 41.1 Å². The summed E-state index contributed by atoms with van der Waals surface area (Å²) < 4.78 is 87.1. The lowest BCUT2D eigenvalue weighted by Crippen LogP contribution is -2.47. The topological polar surface area (TPSA) is 252 Å². The third-order valence-corrected chi connectivity index (χ3v) is 15.5. The molecule has 0 spiro atoms. The number of pyridine rings is 2. The number of aromatic nitrogens is 2. The first-order valence-corrected chi connectivity index (χ1v) is 26.9. The first-order chi connectivity index (χ1) is 37.3. The third-order valence-electron chi connectivity index (χ3n) is 15.5. The van der Waals surface area contributed by atoms with Gasteiger partial charge in [-0.2, -0.15) is 13.2 Å². The highest BCUT2D eigenvalue weighted by atomic mass is 19.4. The largest absolute Gasteiger partial charge is 0.488 e. The van der Waals surface area contributed by atoms with Gasteiger partial charge in [-0.1, -0.05) is 19.1 Å². The average molecular weight is 1100 g/mol. The van der Waals surface area contributed by atoms with Crippen molar-refractivity contribution in [1.29, 1.82) is 0 Å². The highest BCUT2D eigenvalue weighted by Gasteiger charge is 2.65. The van der Waals surface area contributed by atoms with Crippen LogP contribution in [0.15, 0.2) is 61.1 Å². The normalized spacial score (nSPS) is 26.3. The van der Waals surface area contributed by atoms with Crippen LogP contribution in [-0.4, -0.2) is 140 Å². The summed E-state index contributed by atoms with van der Waals surface area (Å²) in [6, 6.07) is 9.42. The Balaban J connectivity index is 0.711. The van der Waals surface area contributed by atoms with Gasteiger partial charge in [0, 0.05) is 94.3 Å². The zero-order chi connectivity index (χ0) is 56.0. The van der Waals surface area contributed by atoms with Crippen molar-refractivity contribution in [2.45, 2.75) is 139 Å². The number of nitrogens with one attached hydrogen (secondary N) is 4. The standard InChI is InChI=1S/C55H72F4N8O11/c1-33-47(49(78-54(33,2)55(57,58)59)53(73)66-38-19-22-62-43(30-38)50(60)70)35-11-18-42(56)44(29-35)77-28-27-74-24-6-21-63-51(71)34-9-12-37(13-10-34)65-45(68)8-5-25-75-39-14-16-40(17-15-39)76-26-23-64-52(72)41-31-46(69)67(3)48(41)36-7-4-20-61-32-36/h4,7,11,18-20,22,29-30,32-34,37,39-41,47-49H,5-6,8-10,12-17,21,23-28,31H2,1-3H3,(H2,60,70)(H,63,71)(H,64,72)(H,65,68)(H,62,66,73)/t33-,34?,37?,39?,40?,41-,47-,48+,49+,54+/m0/s1. The number of nitrogens with two attached hydrogens (primary N) is 1. The molecular formula is C55H72F4N8O11. The lowest BCUT2D eigenvalue weighted by atomic mass is 9.77. The summed E-state index contributed by atoms with van der Waals surface area (Å²) in [7, 11) is 1.71. The fourth-order valence-corrected chi connectivity index (χ4v) is 10.9. The number of likely N-dealkylation sites (tertiary alicyclic amines) is 1. The van der Waals surface area contributed by atoms with E-state index in [1.165, 1.54) is 37.4 Å². The second-order valence-corrected chi connectivity index (χ2v) is 20.7. The highest BCUT2D eigenvalue weighted by molar-refractivity contribution is 5.97. The van der Waals surface area contributed by atoms with Gasteiger partial charge >= 0.3 is 6.18 Å². The van der Waals surface area contributed by atoms with Crippen molar-refractivity contribution in [2.24, 2.45) is 23.5 Å². The highest BCUT2D eigenvalue weighted by Crippen LogP contribution is 2.54.